The summed E-state index contributed by atoms with van der Waals surface area (Å²) in [6, 6.07) is 0. The van der Waals surface area contributed by atoms with Crippen molar-refractivity contribution in [3.05, 3.63) is 170 Å². The minimum Gasteiger partial charge on any atom is -0.462 e. The second-order valence-corrected chi connectivity index (χ2v) is 16.4. The van der Waals surface area contributed by atoms with Crippen LogP contribution in [0.5, 0.6) is 0 Å². The van der Waals surface area contributed by atoms with Gasteiger partial charge in [-0.2, -0.15) is 0 Å². The quantitative estimate of drug-likeness (QED) is 0.0199. The molecule has 0 aromatic heterocycles. The molecule has 6 heteroatoms. The molecule has 0 saturated heterocycles. The normalized spacial score (nSPS) is 13.5. The zero-order chi connectivity index (χ0) is 49.3. The molecule has 0 fully saturated rings. The van der Waals surface area contributed by atoms with Crippen molar-refractivity contribution in [2.75, 3.05) is 13.2 Å². The molecule has 0 heterocycles. The van der Waals surface area contributed by atoms with Gasteiger partial charge in [-0.15, -0.1) is 0 Å². The maximum absolute atomic E-state index is 12.8. The number of hydrogen-bond donors (Lipinski definition) is 0. The van der Waals surface area contributed by atoms with Gasteiger partial charge in [-0.25, -0.2) is 0 Å². The van der Waals surface area contributed by atoms with Gasteiger partial charge in [0.05, 0.1) is 0 Å². The van der Waals surface area contributed by atoms with E-state index in [1.54, 1.807) is 0 Å². The number of unbranched alkanes of at least 4 members (excludes halogenated alkanes) is 10. The molecule has 0 radical (unpaired) electrons. The molecular weight excluding hydrogens is 841 g/mol. The Morgan fingerprint density at radius 2 is 0.618 bits per heavy atom. The van der Waals surface area contributed by atoms with E-state index in [2.05, 4.69) is 130 Å². The highest BCUT2D eigenvalue weighted by Crippen LogP contribution is 2.12. The molecular formula is C62H92O6. The van der Waals surface area contributed by atoms with Gasteiger partial charge in [-0.3, -0.25) is 14.4 Å². The highest BCUT2D eigenvalue weighted by atomic mass is 16.6. The minimum atomic E-state index is -0.842. The average molecular weight is 933 g/mol. The Balaban J connectivity index is 4.64. The second kappa shape index (κ2) is 54.4. The zero-order valence-electron chi connectivity index (χ0n) is 42.8. The molecule has 0 aliphatic rings. The fraction of sp³-hybridized carbons (Fsp3) is 0.500. The van der Waals surface area contributed by atoms with Gasteiger partial charge in [0.1, 0.15) is 13.2 Å². The minimum absolute atomic E-state index is 0.132. The van der Waals surface area contributed by atoms with E-state index in [0.717, 1.165) is 116 Å². The molecule has 0 spiro atoms. The molecule has 0 aliphatic heterocycles. The fourth-order valence-corrected chi connectivity index (χ4v) is 6.29. The summed E-state index contributed by atoms with van der Waals surface area (Å²) in [4.78, 5) is 38.0. The molecule has 68 heavy (non-hydrogen) atoms. The molecule has 0 amide bonds. The molecule has 1 unspecified atom stereocenters. The van der Waals surface area contributed by atoms with Crippen molar-refractivity contribution >= 4 is 17.9 Å². The smallest absolute Gasteiger partial charge is 0.306 e. The first-order valence-corrected chi connectivity index (χ1v) is 26.2. The number of ether oxygens (including phenoxy) is 3. The lowest BCUT2D eigenvalue weighted by atomic mass is 10.1. The maximum Gasteiger partial charge on any atom is 0.306 e. The van der Waals surface area contributed by atoms with Crippen LogP contribution in [0.3, 0.4) is 0 Å². The summed E-state index contributed by atoms with van der Waals surface area (Å²) in [5, 5.41) is 0. The second-order valence-electron chi connectivity index (χ2n) is 16.4. The van der Waals surface area contributed by atoms with Crippen molar-refractivity contribution in [1.29, 1.82) is 0 Å². The van der Waals surface area contributed by atoms with Crippen molar-refractivity contribution in [3.63, 3.8) is 0 Å². The van der Waals surface area contributed by atoms with Crippen molar-refractivity contribution in [2.45, 2.75) is 187 Å². The topological polar surface area (TPSA) is 78.9 Å². The summed E-state index contributed by atoms with van der Waals surface area (Å²) in [6.45, 7) is 6.14. The van der Waals surface area contributed by atoms with Crippen LogP contribution in [0.15, 0.2) is 170 Å². The Hall–Kier alpha value is -5.23. The number of carbonyl (C=O) groups excluding carboxylic acids is 3. The van der Waals surface area contributed by atoms with Crippen molar-refractivity contribution in [3.8, 4) is 0 Å². The maximum atomic E-state index is 12.8. The van der Waals surface area contributed by atoms with Crippen molar-refractivity contribution in [2.24, 2.45) is 0 Å². The van der Waals surface area contributed by atoms with Gasteiger partial charge in [-0.05, 0) is 109 Å². The van der Waals surface area contributed by atoms with Gasteiger partial charge in [0, 0.05) is 19.3 Å². The Bertz CT molecular complexity index is 1640. The molecule has 0 rings (SSSR count). The third kappa shape index (κ3) is 51.7. The van der Waals surface area contributed by atoms with Gasteiger partial charge in [0.2, 0.25) is 0 Å². The van der Waals surface area contributed by atoms with Crippen LogP contribution in [0.1, 0.15) is 181 Å². The van der Waals surface area contributed by atoms with Crippen LogP contribution in [-0.4, -0.2) is 37.2 Å². The monoisotopic (exact) mass is 933 g/mol. The van der Waals surface area contributed by atoms with Crippen LogP contribution in [0, 0.1) is 0 Å². The average Bonchev–Trinajstić information content (AvgIpc) is 3.34. The molecule has 0 saturated carbocycles. The van der Waals surface area contributed by atoms with E-state index in [0.29, 0.717) is 19.3 Å². The lowest BCUT2D eigenvalue weighted by molar-refractivity contribution is -0.167. The van der Waals surface area contributed by atoms with Crippen LogP contribution in [-0.2, 0) is 28.6 Å². The van der Waals surface area contributed by atoms with E-state index in [9.17, 15) is 14.4 Å². The Kier molecular flexibility index (Phi) is 50.2. The lowest BCUT2D eigenvalue weighted by Crippen LogP contribution is -2.30. The molecule has 6 nitrogen and oxygen atoms in total. The van der Waals surface area contributed by atoms with E-state index in [4.69, 9.17) is 14.2 Å². The first-order valence-electron chi connectivity index (χ1n) is 26.2. The molecule has 376 valence electrons. The van der Waals surface area contributed by atoms with Gasteiger partial charge in [0.15, 0.2) is 6.10 Å². The Morgan fingerprint density at radius 3 is 1.06 bits per heavy atom. The summed E-state index contributed by atoms with van der Waals surface area (Å²) < 4.78 is 16.7. The van der Waals surface area contributed by atoms with Crippen LogP contribution in [0.4, 0.5) is 0 Å². The number of carbonyl (C=O) groups is 3. The van der Waals surface area contributed by atoms with E-state index < -0.39 is 12.1 Å². The summed E-state index contributed by atoms with van der Waals surface area (Å²) in [5.41, 5.74) is 0. The first kappa shape index (κ1) is 62.8. The SMILES string of the molecule is CC\C=C/C=C\C=C/C=C\C=C\C=C/CCCCCC(=O)OCC(COC(=O)CCCCCCCC/C=C\C/C=C\C/C=C\CC)OC(=O)CCC/C=C\C/C=C\C/C=C\C/C=C\C/C=C\CC. The lowest BCUT2D eigenvalue weighted by Gasteiger charge is -2.18. The largest absolute Gasteiger partial charge is 0.462 e. The third-order valence-electron chi connectivity index (χ3n) is 10.1. The first-order chi connectivity index (χ1) is 33.5. The van der Waals surface area contributed by atoms with E-state index in [1.807, 2.05) is 60.8 Å². The fourth-order valence-electron chi connectivity index (χ4n) is 6.29. The number of rotatable bonds is 44. The summed E-state index contributed by atoms with van der Waals surface area (Å²) in [5.74, 6) is -1.06. The summed E-state index contributed by atoms with van der Waals surface area (Å²) in [6.07, 6.45) is 80.5. The van der Waals surface area contributed by atoms with Gasteiger partial charge in [-0.1, -0.05) is 223 Å². The number of esters is 3. The molecule has 0 aromatic rings. The third-order valence-corrected chi connectivity index (χ3v) is 10.1. The Morgan fingerprint density at radius 1 is 0.309 bits per heavy atom. The zero-order valence-corrected chi connectivity index (χ0v) is 42.8. The highest BCUT2D eigenvalue weighted by molar-refractivity contribution is 5.71. The summed E-state index contributed by atoms with van der Waals surface area (Å²) in [7, 11) is 0. The predicted octanol–water partition coefficient (Wildman–Crippen LogP) is 17.6. The van der Waals surface area contributed by atoms with Gasteiger partial charge in [0.25, 0.3) is 0 Å². The number of hydrogen-bond acceptors (Lipinski definition) is 6. The standard InChI is InChI=1S/C62H92O6/c1-4-7-10-13-16-19-22-25-28-31-34-37-40-43-46-49-52-55-61(64)67-58-59(57-66-60(63)54-51-48-45-42-39-36-33-30-27-24-21-18-15-12-9-6-3)68-62(65)56-53-50-47-44-41-38-35-32-29-26-23-20-17-14-11-8-5-2/h7-13,16-22,25-31,34-35,37-38,40,44,47,59H,4-6,14-15,23-24,32-33,36,39,41-43,45-46,48-58H2,1-3H3/b10-7-,11-8-,12-9-,16-13-,20-17-,21-18-,22-19-,28-25-,29-26-,30-27-,34-31+,38-35-,40-37-,47-44-. The molecule has 0 bridgehead atoms. The number of allylic oxidation sites excluding steroid dienone is 28. The van der Waals surface area contributed by atoms with Crippen LogP contribution in [0.25, 0.3) is 0 Å². The van der Waals surface area contributed by atoms with Crippen molar-refractivity contribution < 1.29 is 28.6 Å². The van der Waals surface area contributed by atoms with Crippen LogP contribution >= 0.6 is 0 Å². The van der Waals surface area contributed by atoms with Gasteiger partial charge >= 0.3 is 17.9 Å². The molecule has 0 aromatic carbocycles. The van der Waals surface area contributed by atoms with Crippen LogP contribution < -0.4 is 0 Å². The molecule has 1 atom stereocenters. The van der Waals surface area contributed by atoms with E-state index in [1.165, 1.54) is 12.8 Å². The van der Waals surface area contributed by atoms with E-state index >= 15 is 0 Å². The Labute approximate surface area is 415 Å². The van der Waals surface area contributed by atoms with E-state index in [-0.39, 0.29) is 38.0 Å². The highest BCUT2D eigenvalue weighted by Gasteiger charge is 2.19. The molecule has 0 aliphatic carbocycles. The predicted molar refractivity (Wildman–Crippen MR) is 292 cm³/mol. The van der Waals surface area contributed by atoms with Crippen LogP contribution in [0.2, 0.25) is 0 Å². The molecule has 0 N–H and O–H groups in total. The van der Waals surface area contributed by atoms with Gasteiger partial charge < -0.3 is 14.2 Å². The van der Waals surface area contributed by atoms with Crippen molar-refractivity contribution in [1.82, 2.24) is 0 Å². The summed E-state index contributed by atoms with van der Waals surface area (Å²) >= 11 is 0.